The first-order chi connectivity index (χ1) is 5.91. The molecule has 0 aromatic rings. The highest BCUT2D eigenvalue weighted by Crippen LogP contribution is 2.41. The molecular weight excluding hydrogens is 182 g/mol. The second-order valence-electron chi connectivity index (χ2n) is 3.52. The molecule has 4 unspecified atom stereocenters. The van der Waals surface area contributed by atoms with Crippen LogP contribution in [0.3, 0.4) is 0 Å². The van der Waals surface area contributed by atoms with E-state index in [0.717, 1.165) is 0 Å². The number of halogens is 2. The lowest BCUT2D eigenvalue weighted by atomic mass is 9.84. The number of rotatable bonds is 1. The summed E-state index contributed by atoms with van der Waals surface area (Å²) >= 11 is 0. The molecule has 4 atom stereocenters. The zero-order valence-corrected chi connectivity index (χ0v) is 7.58. The van der Waals surface area contributed by atoms with E-state index in [-0.39, 0.29) is 0 Å². The Morgan fingerprint density at radius 2 is 1.92 bits per heavy atom. The quantitative estimate of drug-likeness (QED) is 0.645. The normalized spacial score (nSPS) is 44.8. The molecule has 5 heteroatoms. The Hall–Kier alpha value is -0.260. The Balaban J connectivity index is 2.82. The highest BCUT2D eigenvalue weighted by atomic mass is 19.3. The summed E-state index contributed by atoms with van der Waals surface area (Å²) in [6, 6.07) is 0. The van der Waals surface area contributed by atoms with Crippen molar-refractivity contribution in [3.63, 3.8) is 0 Å². The maximum absolute atomic E-state index is 13.3. The van der Waals surface area contributed by atoms with E-state index < -0.39 is 36.8 Å². The molecule has 0 radical (unpaired) electrons. The number of alkyl halides is 2. The van der Waals surface area contributed by atoms with E-state index >= 15 is 0 Å². The first-order valence-corrected chi connectivity index (χ1v) is 4.23. The highest BCUT2D eigenvalue weighted by Gasteiger charge is 2.53. The van der Waals surface area contributed by atoms with Crippen LogP contribution in [-0.2, 0) is 4.74 Å². The molecule has 3 nitrogen and oxygen atoms in total. The van der Waals surface area contributed by atoms with E-state index in [2.05, 4.69) is 4.74 Å². The van der Waals surface area contributed by atoms with Gasteiger partial charge in [0.15, 0.2) is 6.29 Å². The molecular formula is C8H14F2O3. The molecule has 1 fully saturated rings. The van der Waals surface area contributed by atoms with Crippen LogP contribution in [0, 0.1) is 11.8 Å². The van der Waals surface area contributed by atoms with Gasteiger partial charge in [-0.2, -0.15) is 0 Å². The van der Waals surface area contributed by atoms with Crippen LogP contribution in [-0.4, -0.2) is 35.1 Å². The summed E-state index contributed by atoms with van der Waals surface area (Å²) in [6.45, 7) is 2.07. The minimum Gasteiger partial charge on any atom is -0.393 e. The molecule has 1 heterocycles. The molecule has 0 aromatic carbocycles. The predicted octanol–water partition coefficient (Wildman–Crippen LogP) is 0.603. The fraction of sp³-hybridized carbons (Fsp3) is 1.00. The van der Waals surface area contributed by atoms with Crippen molar-refractivity contribution in [2.45, 2.75) is 32.2 Å². The van der Waals surface area contributed by atoms with E-state index in [1.807, 2.05) is 0 Å². The topological polar surface area (TPSA) is 49.7 Å². The number of aliphatic hydroxyl groups excluding tert-OH is 2. The van der Waals surface area contributed by atoms with Gasteiger partial charge in [0, 0.05) is 11.8 Å². The Morgan fingerprint density at radius 3 is 2.38 bits per heavy atom. The van der Waals surface area contributed by atoms with Crippen molar-refractivity contribution in [2.24, 2.45) is 11.8 Å². The van der Waals surface area contributed by atoms with E-state index in [4.69, 9.17) is 5.11 Å². The molecule has 1 aliphatic heterocycles. The average Bonchev–Trinajstić information content (AvgIpc) is 2.08. The van der Waals surface area contributed by atoms with E-state index in [0.29, 0.717) is 0 Å². The third-order valence-corrected chi connectivity index (χ3v) is 2.74. The van der Waals surface area contributed by atoms with Gasteiger partial charge in [-0.05, 0) is 0 Å². The average molecular weight is 196 g/mol. The minimum absolute atomic E-state index is 0.627. The van der Waals surface area contributed by atoms with Crippen LogP contribution < -0.4 is 0 Å². The summed E-state index contributed by atoms with van der Waals surface area (Å²) in [4.78, 5) is 0. The Morgan fingerprint density at radius 1 is 1.38 bits per heavy atom. The SMILES string of the molecule is CC1C(O)OC(CO)C(F)(F)C1C. The van der Waals surface area contributed by atoms with Crippen molar-refractivity contribution in [1.82, 2.24) is 0 Å². The molecule has 0 saturated carbocycles. The number of aliphatic hydroxyl groups is 2. The molecule has 0 aromatic heterocycles. The molecule has 13 heavy (non-hydrogen) atoms. The predicted molar refractivity (Wildman–Crippen MR) is 41.2 cm³/mol. The Labute approximate surface area is 75.3 Å². The van der Waals surface area contributed by atoms with Gasteiger partial charge in [0.05, 0.1) is 6.61 Å². The Bertz CT molecular complexity index is 182. The van der Waals surface area contributed by atoms with Crippen molar-refractivity contribution >= 4 is 0 Å². The summed E-state index contributed by atoms with van der Waals surface area (Å²) in [5, 5.41) is 17.8. The van der Waals surface area contributed by atoms with Crippen molar-refractivity contribution in [2.75, 3.05) is 6.61 Å². The Kier molecular flexibility index (Phi) is 2.89. The van der Waals surface area contributed by atoms with Crippen LogP contribution in [0.2, 0.25) is 0 Å². The summed E-state index contributed by atoms with van der Waals surface area (Å²) in [5.41, 5.74) is 0. The third-order valence-electron chi connectivity index (χ3n) is 2.74. The standard InChI is InChI=1S/C8H14F2O3/c1-4-5(2)8(9,10)6(3-11)13-7(4)12/h4-7,11-12H,3H2,1-2H3. The van der Waals surface area contributed by atoms with Gasteiger partial charge in [0.1, 0.15) is 6.10 Å². The molecule has 1 saturated heterocycles. The number of hydrogen-bond donors (Lipinski definition) is 2. The van der Waals surface area contributed by atoms with Gasteiger partial charge in [-0.25, -0.2) is 8.78 Å². The second-order valence-corrected chi connectivity index (χ2v) is 3.52. The lowest BCUT2D eigenvalue weighted by molar-refractivity contribution is -0.303. The van der Waals surface area contributed by atoms with Crippen molar-refractivity contribution in [3.8, 4) is 0 Å². The molecule has 2 N–H and O–H groups in total. The van der Waals surface area contributed by atoms with Gasteiger partial charge in [-0.15, -0.1) is 0 Å². The first-order valence-electron chi connectivity index (χ1n) is 4.23. The van der Waals surface area contributed by atoms with Gasteiger partial charge in [-0.3, -0.25) is 0 Å². The zero-order chi connectivity index (χ0) is 10.2. The van der Waals surface area contributed by atoms with Crippen molar-refractivity contribution < 1.29 is 23.7 Å². The smallest absolute Gasteiger partial charge is 0.279 e. The first kappa shape index (κ1) is 10.8. The molecule has 0 bridgehead atoms. The summed E-state index contributed by atoms with van der Waals surface area (Å²) in [7, 11) is 0. The maximum atomic E-state index is 13.3. The van der Waals surface area contributed by atoms with Crippen LogP contribution in [0.25, 0.3) is 0 Å². The lowest BCUT2D eigenvalue weighted by Gasteiger charge is -2.41. The maximum Gasteiger partial charge on any atom is 0.279 e. The van der Waals surface area contributed by atoms with Gasteiger partial charge < -0.3 is 14.9 Å². The molecule has 1 rings (SSSR count). The van der Waals surface area contributed by atoms with E-state index in [1.165, 1.54) is 13.8 Å². The minimum atomic E-state index is -3.08. The molecule has 1 aliphatic rings. The molecule has 0 amide bonds. The van der Waals surface area contributed by atoms with Crippen LogP contribution in [0.1, 0.15) is 13.8 Å². The van der Waals surface area contributed by atoms with Gasteiger partial charge in [-0.1, -0.05) is 13.8 Å². The summed E-state index contributed by atoms with van der Waals surface area (Å²) in [6.07, 6.45) is -2.81. The van der Waals surface area contributed by atoms with E-state index in [1.54, 1.807) is 0 Å². The lowest BCUT2D eigenvalue weighted by Crippen LogP contribution is -2.55. The van der Waals surface area contributed by atoms with Crippen LogP contribution in [0.4, 0.5) is 8.78 Å². The van der Waals surface area contributed by atoms with Crippen LogP contribution in [0.5, 0.6) is 0 Å². The van der Waals surface area contributed by atoms with Gasteiger partial charge >= 0.3 is 0 Å². The van der Waals surface area contributed by atoms with Crippen LogP contribution in [0.15, 0.2) is 0 Å². The monoisotopic (exact) mass is 196 g/mol. The fourth-order valence-electron chi connectivity index (χ4n) is 1.44. The largest absolute Gasteiger partial charge is 0.393 e. The molecule has 0 aliphatic carbocycles. The highest BCUT2D eigenvalue weighted by molar-refractivity contribution is 4.90. The second kappa shape index (κ2) is 3.48. The van der Waals surface area contributed by atoms with Crippen molar-refractivity contribution in [1.29, 1.82) is 0 Å². The van der Waals surface area contributed by atoms with Crippen molar-refractivity contribution in [3.05, 3.63) is 0 Å². The molecule has 78 valence electrons. The zero-order valence-electron chi connectivity index (χ0n) is 7.58. The van der Waals surface area contributed by atoms with Crippen LogP contribution >= 0.6 is 0 Å². The number of hydrogen-bond acceptors (Lipinski definition) is 3. The summed E-state index contributed by atoms with van der Waals surface area (Å²) in [5.74, 6) is -4.70. The van der Waals surface area contributed by atoms with Gasteiger partial charge in [0.2, 0.25) is 0 Å². The fourth-order valence-corrected chi connectivity index (χ4v) is 1.44. The summed E-state index contributed by atoms with van der Waals surface area (Å²) < 4.78 is 31.2. The number of ether oxygens (including phenoxy) is 1. The van der Waals surface area contributed by atoms with E-state index in [9.17, 15) is 13.9 Å². The third kappa shape index (κ3) is 1.68. The molecule has 0 spiro atoms. The van der Waals surface area contributed by atoms with Gasteiger partial charge in [0.25, 0.3) is 5.92 Å².